The molecule has 1 atom stereocenters. The predicted molar refractivity (Wildman–Crippen MR) is 83.4 cm³/mol. The normalized spacial score (nSPS) is 19.4. The molecule has 1 fully saturated rings. The van der Waals surface area contributed by atoms with Crippen LogP contribution in [0.2, 0.25) is 0 Å². The molecular formula is C16H20N4O2. The van der Waals surface area contributed by atoms with Gasteiger partial charge in [0.2, 0.25) is 5.91 Å². The van der Waals surface area contributed by atoms with Crippen molar-refractivity contribution in [3.63, 3.8) is 0 Å². The summed E-state index contributed by atoms with van der Waals surface area (Å²) in [5, 5.41) is 0. The third-order valence-electron chi connectivity index (χ3n) is 4.23. The summed E-state index contributed by atoms with van der Waals surface area (Å²) < 4.78 is 1.60. The molecule has 0 aromatic carbocycles. The lowest BCUT2D eigenvalue weighted by molar-refractivity contribution is -0.123. The molecule has 116 valence electrons. The van der Waals surface area contributed by atoms with Crippen LogP contribution in [0.1, 0.15) is 24.2 Å². The minimum absolute atomic E-state index is 0.0680. The van der Waals surface area contributed by atoms with Crippen molar-refractivity contribution in [2.75, 3.05) is 13.1 Å². The number of primary amides is 1. The van der Waals surface area contributed by atoms with Crippen molar-refractivity contribution >= 4 is 11.6 Å². The zero-order valence-corrected chi connectivity index (χ0v) is 12.7. The summed E-state index contributed by atoms with van der Waals surface area (Å²) in [6.45, 7) is 4.00. The van der Waals surface area contributed by atoms with Crippen molar-refractivity contribution < 1.29 is 4.79 Å². The van der Waals surface area contributed by atoms with E-state index < -0.39 is 0 Å². The second-order valence-electron chi connectivity index (χ2n) is 5.92. The van der Waals surface area contributed by atoms with Gasteiger partial charge in [-0.2, -0.15) is 0 Å². The first kappa shape index (κ1) is 14.7. The number of hydrogen-bond acceptors (Lipinski definition) is 4. The molecule has 6 nitrogen and oxygen atoms in total. The SMILES string of the molecule is Cc1cccc2nc(CN3CCC[C@@H](C(N)=O)C3)cc(=O)n12. The third kappa shape index (κ3) is 2.87. The van der Waals surface area contributed by atoms with Crippen LogP contribution in [0.5, 0.6) is 0 Å². The summed E-state index contributed by atoms with van der Waals surface area (Å²) in [6.07, 6.45) is 1.79. The van der Waals surface area contributed by atoms with Crippen LogP contribution in [0.3, 0.4) is 0 Å². The van der Waals surface area contributed by atoms with Crippen molar-refractivity contribution in [1.82, 2.24) is 14.3 Å². The molecule has 2 N–H and O–H groups in total. The topological polar surface area (TPSA) is 80.7 Å². The Labute approximate surface area is 128 Å². The average molecular weight is 300 g/mol. The van der Waals surface area contributed by atoms with Gasteiger partial charge in [0.25, 0.3) is 5.56 Å². The first-order valence-corrected chi connectivity index (χ1v) is 7.54. The minimum Gasteiger partial charge on any atom is -0.369 e. The fraction of sp³-hybridized carbons (Fsp3) is 0.438. The number of fused-ring (bicyclic) bond motifs is 1. The highest BCUT2D eigenvalue weighted by Gasteiger charge is 2.24. The molecular weight excluding hydrogens is 280 g/mol. The summed E-state index contributed by atoms with van der Waals surface area (Å²) >= 11 is 0. The van der Waals surface area contributed by atoms with Crippen LogP contribution in [0.25, 0.3) is 5.65 Å². The lowest BCUT2D eigenvalue weighted by Crippen LogP contribution is -2.41. The first-order chi connectivity index (χ1) is 10.5. The number of piperidine rings is 1. The number of aromatic nitrogens is 2. The Hall–Kier alpha value is -2.21. The Morgan fingerprint density at radius 1 is 1.45 bits per heavy atom. The first-order valence-electron chi connectivity index (χ1n) is 7.54. The molecule has 22 heavy (non-hydrogen) atoms. The van der Waals surface area contributed by atoms with Gasteiger partial charge in [-0.25, -0.2) is 4.98 Å². The molecule has 0 unspecified atom stereocenters. The molecule has 1 aliphatic rings. The van der Waals surface area contributed by atoms with Crippen LogP contribution in [-0.2, 0) is 11.3 Å². The molecule has 0 aliphatic carbocycles. The number of likely N-dealkylation sites (tertiary alicyclic amines) is 1. The number of hydrogen-bond donors (Lipinski definition) is 1. The molecule has 2 aromatic heterocycles. The standard InChI is InChI=1S/C16H20N4O2/c1-11-4-2-6-14-18-13(8-15(21)20(11)14)10-19-7-3-5-12(9-19)16(17)22/h2,4,6,8,12H,3,5,7,9-10H2,1H3,(H2,17,22)/t12-/m1/s1. The summed E-state index contributed by atoms with van der Waals surface area (Å²) in [5.41, 5.74) is 7.60. The molecule has 1 aliphatic heterocycles. The molecule has 0 bridgehead atoms. The van der Waals surface area contributed by atoms with Gasteiger partial charge in [0, 0.05) is 24.8 Å². The van der Waals surface area contributed by atoms with Crippen LogP contribution < -0.4 is 11.3 Å². The zero-order valence-electron chi connectivity index (χ0n) is 12.7. The van der Waals surface area contributed by atoms with Crippen molar-refractivity contribution in [2.45, 2.75) is 26.3 Å². The highest BCUT2D eigenvalue weighted by Crippen LogP contribution is 2.17. The van der Waals surface area contributed by atoms with Gasteiger partial charge in [-0.15, -0.1) is 0 Å². The van der Waals surface area contributed by atoms with E-state index in [1.54, 1.807) is 10.5 Å². The second-order valence-corrected chi connectivity index (χ2v) is 5.92. The van der Waals surface area contributed by atoms with Crippen LogP contribution >= 0.6 is 0 Å². The van der Waals surface area contributed by atoms with Crippen molar-refractivity contribution in [1.29, 1.82) is 0 Å². The number of nitrogens with zero attached hydrogens (tertiary/aromatic N) is 3. The molecule has 0 saturated carbocycles. The van der Waals surface area contributed by atoms with Gasteiger partial charge in [0.15, 0.2) is 0 Å². The number of amides is 1. The van der Waals surface area contributed by atoms with E-state index in [0.29, 0.717) is 18.7 Å². The van der Waals surface area contributed by atoms with Crippen molar-refractivity contribution in [3.8, 4) is 0 Å². The quantitative estimate of drug-likeness (QED) is 0.905. The summed E-state index contributed by atoms with van der Waals surface area (Å²) in [6, 6.07) is 7.19. The molecule has 3 rings (SSSR count). The Bertz CT molecular complexity index is 768. The van der Waals surface area contributed by atoms with E-state index in [1.807, 2.05) is 25.1 Å². The summed E-state index contributed by atoms with van der Waals surface area (Å²) in [7, 11) is 0. The van der Waals surface area contributed by atoms with E-state index in [1.165, 1.54) is 0 Å². The van der Waals surface area contributed by atoms with E-state index >= 15 is 0 Å². The average Bonchev–Trinajstić information content (AvgIpc) is 2.47. The highest BCUT2D eigenvalue weighted by atomic mass is 16.1. The van der Waals surface area contributed by atoms with E-state index in [-0.39, 0.29) is 17.4 Å². The Balaban J connectivity index is 1.85. The van der Waals surface area contributed by atoms with Gasteiger partial charge in [0.1, 0.15) is 5.65 Å². The van der Waals surface area contributed by atoms with Crippen LogP contribution in [-0.4, -0.2) is 33.3 Å². The van der Waals surface area contributed by atoms with Gasteiger partial charge in [-0.1, -0.05) is 6.07 Å². The van der Waals surface area contributed by atoms with Crippen LogP contribution in [0, 0.1) is 12.8 Å². The fourth-order valence-corrected chi connectivity index (χ4v) is 3.11. The maximum absolute atomic E-state index is 12.3. The van der Waals surface area contributed by atoms with Gasteiger partial charge < -0.3 is 5.73 Å². The number of carbonyl (C=O) groups is 1. The van der Waals surface area contributed by atoms with E-state index in [4.69, 9.17) is 5.73 Å². The number of carbonyl (C=O) groups excluding carboxylic acids is 1. The van der Waals surface area contributed by atoms with Crippen LogP contribution in [0.4, 0.5) is 0 Å². The van der Waals surface area contributed by atoms with Gasteiger partial charge in [-0.05, 0) is 38.4 Å². The van der Waals surface area contributed by atoms with E-state index in [2.05, 4.69) is 9.88 Å². The number of pyridine rings is 1. The molecule has 1 amide bonds. The predicted octanol–water partition coefficient (Wildman–Crippen LogP) is 0.700. The molecule has 0 radical (unpaired) electrons. The zero-order chi connectivity index (χ0) is 15.7. The van der Waals surface area contributed by atoms with Gasteiger partial charge >= 0.3 is 0 Å². The third-order valence-corrected chi connectivity index (χ3v) is 4.23. The number of aryl methyl sites for hydroxylation is 1. The maximum atomic E-state index is 12.3. The maximum Gasteiger partial charge on any atom is 0.258 e. The summed E-state index contributed by atoms with van der Waals surface area (Å²) in [4.78, 5) is 30.3. The Kier molecular flexibility index (Phi) is 3.94. The molecule has 1 saturated heterocycles. The lowest BCUT2D eigenvalue weighted by atomic mass is 9.97. The molecule has 6 heteroatoms. The Morgan fingerprint density at radius 3 is 3.05 bits per heavy atom. The lowest BCUT2D eigenvalue weighted by Gasteiger charge is -2.30. The monoisotopic (exact) mass is 300 g/mol. The number of rotatable bonds is 3. The van der Waals surface area contributed by atoms with Crippen LogP contribution in [0.15, 0.2) is 29.1 Å². The largest absolute Gasteiger partial charge is 0.369 e. The molecule has 3 heterocycles. The second kappa shape index (κ2) is 5.88. The fourth-order valence-electron chi connectivity index (χ4n) is 3.11. The summed E-state index contributed by atoms with van der Waals surface area (Å²) in [5.74, 6) is -0.343. The highest BCUT2D eigenvalue weighted by molar-refractivity contribution is 5.76. The van der Waals surface area contributed by atoms with Gasteiger partial charge in [0.05, 0.1) is 11.6 Å². The molecule has 0 spiro atoms. The van der Waals surface area contributed by atoms with Crippen molar-refractivity contribution in [3.05, 3.63) is 46.0 Å². The van der Waals surface area contributed by atoms with Crippen molar-refractivity contribution in [2.24, 2.45) is 11.7 Å². The van der Waals surface area contributed by atoms with Gasteiger partial charge in [-0.3, -0.25) is 18.9 Å². The smallest absolute Gasteiger partial charge is 0.258 e. The molecule has 2 aromatic rings. The Morgan fingerprint density at radius 2 is 2.27 bits per heavy atom. The number of nitrogens with two attached hydrogens (primary N) is 1. The minimum atomic E-state index is -0.244. The van der Waals surface area contributed by atoms with E-state index in [0.717, 1.165) is 30.8 Å². The van der Waals surface area contributed by atoms with E-state index in [9.17, 15) is 9.59 Å².